The molecule has 0 spiro atoms. The Labute approximate surface area is 105 Å². The summed E-state index contributed by atoms with van der Waals surface area (Å²) < 4.78 is 0. The number of halogens is 1. The maximum Gasteiger partial charge on any atom is 0.258 e. The fourth-order valence-electron chi connectivity index (χ4n) is 1.58. The number of rotatable bonds is 2. The van der Waals surface area contributed by atoms with E-state index < -0.39 is 0 Å². The summed E-state index contributed by atoms with van der Waals surface area (Å²) in [6, 6.07) is 16.5. The molecule has 0 atom stereocenters. The van der Waals surface area contributed by atoms with Crippen LogP contribution in [0.15, 0.2) is 54.6 Å². The Bertz CT molecular complexity index is 525. The molecule has 0 heterocycles. The van der Waals surface area contributed by atoms with Crippen molar-refractivity contribution in [1.29, 1.82) is 0 Å². The van der Waals surface area contributed by atoms with E-state index in [-0.39, 0.29) is 5.91 Å². The molecule has 0 unspecified atom stereocenters. The van der Waals surface area contributed by atoms with Crippen LogP contribution >= 0.6 is 11.6 Å². The summed E-state index contributed by atoms with van der Waals surface area (Å²) in [5.74, 6) is -0.0706. The number of benzene rings is 2. The molecule has 0 aliphatic rings. The van der Waals surface area contributed by atoms with Gasteiger partial charge in [-0.3, -0.25) is 4.79 Å². The fraction of sp³-hybridized carbons (Fsp3) is 0.0714. The lowest BCUT2D eigenvalue weighted by Crippen LogP contribution is -2.26. The molecule has 0 saturated heterocycles. The van der Waals surface area contributed by atoms with Gasteiger partial charge in [0.2, 0.25) is 0 Å². The Hall–Kier alpha value is -1.80. The van der Waals surface area contributed by atoms with Crippen molar-refractivity contribution < 1.29 is 4.79 Å². The second-order valence-corrected chi connectivity index (χ2v) is 4.15. The molecule has 2 rings (SSSR count). The van der Waals surface area contributed by atoms with Gasteiger partial charge in [-0.1, -0.05) is 35.9 Å². The van der Waals surface area contributed by atoms with Crippen LogP contribution in [0.3, 0.4) is 0 Å². The van der Waals surface area contributed by atoms with Gasteiger partial charge < -0.3 is 4.90 Å². The topological polar surface area (TPSA) is 20.3 Å². The molecule has 2 aromatic rings. The highest BCUT2D eigenvalue weighted by Gasteiger charge is 2.12. The highest BCUT2D eigenvalue weighted by Crippen LogP contribution is 2.17. The largest absolute Gasteiger partial charge is 0.311 e. The van der Waals surface area contributed by atoms with Gasteiger partial charge >= 0.3 is 0 Å². The van der Waals surface area contributed by atoms with Crippen molar-refractivity contribution in [3.63, 3.8) is 0 Å². The van der Waals surface area contributed by atoms with Gasteiger partial charge in [0.1, 0.15) is 0 Å². The summed E-state index contributed by atoms with van der Waals surface area (Å²) in [7, 11) is 1.75. The number of carbonyl (C=O) groups excluding carboxylic acids is 1. The zero-order chi connectivity index (χ0) is 12.3. The van der Waals surface area contributed by atoms with Gasteiger partial charge in [-0.15, -0.1) is 0 Å². The van der Waals surface area contributed by atoms with Crippen LogP contribution in [0.2, 0.25) is 5.02 Å². The number of para-hydroxylation sites is 1. The number of hydrogen-bond acceptors (Lipinski definition) is 1. The van der Waals surface area contributed by atoms with Crippen molar-refractivity contribution in [1.82, 2.24) is 0 Å². The Morgan fingerprint density at radius 3 is 2.41 bits per heavy atom. The van der Waals surface area contributed by atoms with Crippen LogP contribution in [0.5, 0.6) is 0 Å². The van der Waals surface area contributed by atoms with Crippen molar-refractivity contribution >= 4 is 23.2 Å². The van der Waals surface area contributed by atoms with E-state index in [9.17, 15) is 4.79 Å². The summed E-state index contributed by atoms with van der Waals surface area (Å²) in [5, 5.41) is 0.567. The predicted octanol–water partition coefficient (Wildman–Crippen LogP) is 3.62. The molecular formula is C14H12ClNO. The van der Waals surface area contributed by atoms with Crippen LogP contribution in [0.4, 0.5) is 5.69 Å². The summed E-state index contributed by atoms with van der Waals surface area (Å²) in [6.07, 6.45) is 0. The molecule has 0 bridgehead atoms. The van der Waals surface area contributed by atoms with Crippen molar-refractivity contribution in [3.05, 3.63) is 65.2 Å². The van der Waals surface area contributed by atoms with Gasteiger partial charge in [0.05, 0.1) is 0 Å². The average Bonchev–Trinajstić information content (AvgIpc) is 2.38. The molecule has 0 aliphatic heterocycles. The lowest BCUT2D eigenvalue weighted by Gasteiger charge is -2.17. The van der Waals surface area contributed by atoms with E-state index in [2.05, 4.69) is 0 Å². The minimum Gasteiger partial charge on any atom is -0.311 e. The Morgan fingerprint density at radius 2 is 1.76 bits per heavy atom. The monoisotopic (exact) mass is 245 g/mol. The van der Waals surface area contributed by atoms with Crippen LogP contribution in [0.1, 0.15) is 10.4 Å². The third kappa shape index (κ3) is 2.66. The van der Waals surface area contributed by atoms with Crippen LogP contribution in [0.25, 0.3) is 0 Å². The maximum atomic E-state index is 12.2. The smallest absolute Gasteiger partial charge is 0.258 e. The zero-order valence-electron chi connectivity index (χ0n) is 9.43. The standard InChI is InChI=1S/C14H12ClNO/c1-16(13-8-3-2-4-9-13)14(17)11-6-5-7-12(15)10-11/h2-10H,1H3. The Morgan fingerprint density at radius 1 is 1.06 bits per heavy atom. The first kappa shape index (κ1) is 11.7. The van der Waals surface area contributed by atoms with Gasteiger partial charge in [0.25, 0.3) is 5.91 Å². The normalized spacial score (nSPS) is 10.0. The number of nitrogens with zero attached hydrogens (tertiary/aromatic N) is 1. The maximum absolute atomic E-state index is 12.2. The summed E-state index contributed by atoms with van der Waals surface area (Å²) in [6.45, 7) is 0. The van der Waals surface area contributed by atoms with Crippen LogP contribution < -0.4 is 4.90 Å². The van der Waals surface area contributed by atoms with Crippen molar-refractivity contribution in [2.24, 2.45) is 0 Å². The first-order chi connectivity index (χ1) is 8.18. The molecule has 0 radical (unpaired) electrons. The molecule has 0 N–H and O–H groups in total. The molecule has 3 heteroatoms. The minimum atomic E-state index is -0.0706. The Balaban J connectivity index is 2.27. The van der Waals surface area contributed by atoms with Gasteiger partial charge in [0, 0.05) is 23.3 Å². The third-order valence-electron chi connectivity index (χ3n) is 2.52. The highest BCUT2D eigenvalue weighted by atomic mass is 35.5. The van der Waals surface area contributed by atoms with E-state index in [0.717, 1.165) is 5.69 Å². The lowest BCUT2D eigenvalue weighted by atomic mass is 10.2. The van der Waals surface area contributed by atoms with Gasteiger partial charge in [0.15, 0.2) is 0 Å². The van der Waals surface area contributed by atoms with Crippen LogP contribution in [-0.2, 0) is 0 Å². The first-order valence-corrected chi connectivity index (χ1v) is 5.65. The van der Waals surface area contributed by atoms with Crippen molar-refractivity contribution in [3.8, 4) is 0 Å². The molecule has 2 nitrogen and oxygen atoms in total. The average molecular weight is 246 g/mol. The van der Waals surface area contributed by atoms with E-state index in [0.29, 0.717) is 10.6 Å². The molecule has 0 aliphatic carbocycles. The predicted molar refractivity (Wildman–Crippen MR) is 70.6 cm³/mol. The van der Waals surface area contributed by atoms with E-state index >= 15 is 0 Å². The van der Waals surface area contributed by atoms with Crippen LogP contribution in [-0.4, -0.2) is 13.0 Å². The van der Waals surface area contributed by atoms with E-state index in [1.807, 2.05) is 30.3 Å². The second-order valence-electron chi connectivity index (χ2n) is 3.71. The van der Waals surface area contributed by atoms with Crippen LogP contribution in [0, 0.1) is 0 Å². The molecule has 0 aromatic heterocycles. The zero-order valence-corrected chi connectivity index (χ0v) is 10.2. The number of amides is 1. The van der Waals surface area contributed by atoms with Crippen molar-refractivity contribution in [2.75, 3.05) is 11.9 Å². The number of hydrogen-bond donors (Lipinski definition) is 0. The second kappa shape index (κ2) is 5.02. The minimum absolute atomic E-state index is 0.0706. The number of carbonyl (C=O) groups is 1. The molecule has 17 heavy (non-hydrogen) atoms. The summed E-state index contributed by atoms with van der Waals surface area (Å²) in [4.78, 5) is 13.8. The molecule has 1 amide bonds. The van der Waals surface area contributed by atoms with Gasteiger partial charge in [-0.25, -0.2) is 0 Å². The van der Waals surface area contributed by atoms with Crippen molar-refractivity contribution in [2.45, 2.75) is 0 Å². The molecule has 0 saturated carbocycles. The fourth-order valence-corrected chi connectivity index (χ4v) is 1.77. The van der Waals surface area contributed by atoms with Gasteiger partial charge in [-0.2, -0.15) is 0 Å². The summed E-state index contributed by atoms with van der Waals surface area (Å²) in [5.41, 5.74) is 1.45. The SMILES string of the molecule is CN(C(=O)c1cccc(Cl)c1)c1ccccc1. The highest BCUT2D eigenvalue weighted by molar-refractivity contribution is 6.31. The van der Waals surface area contributed by atoms with Gasteiger partial charge in [-0.05, 0) is 30.3 Å². The molecule has 86 valence electrons. The number of anilines is 1. The molecule has 2 aromatic carbocycles. The molecule has 0 fully saturated rings. The third-order valence-corrected chi connectivity index (χ3v) is 2.75. The Kier molecular flexibility index (Phi) is 3.45. The first-order valence-electron chi connectivity index (χ1n) is 5.27. The quantitative estimate of drug-likeness (QED) is 0.791. The van der Waals surface area contributed by atoms with E-state index in [1.165, 1.54) is 0 Å². The summed E-state index contributed by atoms with van der Waals surface area (Å²) >= 11 is 5.87. The van der Waals surface area contributed by atoms with E-state index in [4.69, 9.17) is 11.6 Å². The molecular weight excluding hydrogens is 234 g/mol. The van der Waals surface area contributed by atoms with E-state index in [1.54, 1.807) is 36.2 Å². The lowest BCUT2D eigenvalue weighted by molar-refractivity contribution is 0.0993.